The van der Waals surface area contributed by atoms with Crippen LogP contribution in [0.25, 0.3) is 22.8 Å². The van der Waals surface area contributed by atoms with E-state index in [1.807, 2.05) is 0 Å². The number of pyridine rings is 1. The van der Waals surface area contributed by atoms with E-state index in [2.05, 4.69) is 24.9 Å². The van der Waals surface area contributed by atoms with E-state index >= 15 is 0 Å². The van der Waals surface area contributed by atoms with E-state index in [4.69, 9.17) is 10.5 Å². The van der Waals surface area contributed by atoms with E-state index in [1.54, 1.807) is 49.3 Å². The molecule has 3 heterocycles. The zero-order valence-corrected chi connectivity index (χ0v) is 11.2. The predicted molar refractivity (Wildman–Crippen MR) is 76.5 cm³/mol. The Morgan fingerprint density at radius 3 is 1.82 bits per heavy atom. The molecule has 0 fully saturated rings. The van der Waals surface area contributed by atoms with Crippen LogP contribution in [0.1, 0.15) is 0 Å². The topological polar surface area (TPSA) is 117 Å². The Kier molecular flexibility index (Phi) is 3.65. The Morgan fingerprint density at radius 1 is 0.864 bits per heavy atom. The number of hydrogen-bond donors (Lipinski definition) is 1. The summed E-state index contributed by atoms with van der Waals surface area (Å²) in [5.41, 5.74) is 7.08. The van der Waals surface area contributed by atoms with Gasteiger partial charge in [-0.05, 0) is 0 Å². The van der Waals surface area contributed by atoms with Crippen molar-refractivity contribution in [2.75, 3.05) is 0 Å². The lowest BCUT2D eigenvalue weighted by Gasteiger charge is -2.07. The summed E-state index contributed by atoms with van der Waals surface area (Å²) in [5.74, 6) is 0.240. The highest BCUT2D eigenvalue weighted by Gasteiger charge is 2.11. The number of carbonyl (C=O) groups excluding carboxylic acids is 1. The number of nitrogens with zero attached hydrogens (tertiary/aromatic N) is 5. The van der Waals surface area contributed by atoms with Crippen LogP contribution < -0.4 is 10.5 Å². The highest BCUT2D eigenvalue weighted by atomic mass is 16.5. The van der Waals surface area contributed by atoms with E-state index in [9.17, 15) is 4.79 Å². The van der Waals surface area contributed by atoms with Gasteiger partial charge in [0.25, 0.3) is 0 Å². The van der Waals surface area contributed by atoms with Crippen LogP contribution in [0.5, 0.6) is 5.75 Å². The van der Waals surface area contributed by atoms with Crippen molar-refractivity contribution in [1.82, 2.24) is 24.9 Å². The summed E-state index contributed by atoms with van der Waals surface area (Å²) in [6, 6.07) is 3.10. The number of primary amides is 1. The Labute approximate surface area is 125 Å². The zero-order chi connectivity index (χ0) is 15.4. The maximum atomic E-state index is 11.0. The molecule has 0 spiro atoms. The third-order valence-corrected chi connectivity index (χ3v) is 2.67. The molecule has 8 nitrogen and oxygen atoms in total. The van der Waals surface area contributed by atoms with Gasteiger partial charge in [0.1, 0.15) is 17.1 Å². The van der Waals surface area contributed by atoms with Crippen LogP contribution in [0, 0.1) is 0 Å². The fourth-order valence-corrected chi connectivity index (χ4v) is 1.81. The van der Waals surface area contributed by atoms with Crippen LogP contribution >= 0.6 is 0 Å². The number of hydrogen-bond acceptors (Lipinski definition) is 7. The minimum atomic E-state index is -0.915. The van der Waals surface area contributed by atoms with Crippen LogP contribution in [-0.4, -0.2) is 31.0 Å². The van der Waals surface area contributed by atoms with Gasteiger partial charge in [0.15, 0.2) is 0 Å². The number of rotatable bonds is 3. The average Bonchev–Trinajstić information content (AvgIpc) is 2.55. The molecule has 0 radical (unpaired) electrons. The van der Waals surface area contributed by atoms with Gasteiger partial charge in [-0.15, -0.1) is 0 Å². The molecule has 2 N–H and O–H groups in total. The van der Waals surface area contributed by atoms with Gasteiger partial charge in [-0.1, -0.05) is 0 Å². The van der Waals surface area contributed by atoms with Gasteiger partial charge in [0.2, 0.25) is 0 Å². The maximum absolute atomic E-state index is 11.0. The molecular weight excluding hydrogens is 284 g/mol. The van der Waals surface area contributed by atoms with Crippen LogP contribution in [0.15, 0.2) is 49.3 Å². The molecule has 108 valence electrons. The lowest BCUT2D eigenvalue weighted by Crippen LogP contribution is -2.16. The van der Waals surface area contributed by atoms with Crippen LogP contribution in [-0.2, 0) is 0 Å². The molecule has 8 heteroatoms. The zero-order valence-electron chi connectivity index (χ0n) is 11.2. The summed E-state index contributed by atoms with van der Waals surface area (Å²) in [6.45, 7) is 0. The molecule has 0 saturated carbocycles. The number of carbonyl (C=O) groups is 1. The standard InChI is InChI=1S/C14H10N6O2/c15-14(21)22-9-5-10(12-7-16-1-3-18-12)20-11(6-9)13-8-17-2-4-19-13/h1-8H,(H2,15,21). The molecule has 0 bridgehead atoms. The smallest absolute Gasteiger partial charge is 0.409 e. The van der Waals surface area contributed by atoms with Gasteiger partial charge in [-0.2, -0.15) is 0 Å². The molecule has 0 unspecified atom stereocenters. The normalized spacial score (nSPS) is 10.2. The van der Waals surface area contributed by atoms with Crippen LogP contribution in [0.4, 0.5) is 4.79 Å². The number of aromatic nitrogens is 5. The van der Waals surface area contributed by atoms with Crippen molar-refractivity contribution in [2.45, 2.75) is 0 Å². The molecule has 3 rings (SSSR count). The fourth-order valence-electron chi connectivity index (χ4n) is 1.81. The van der Waals surface area contributed by atoms with Crippen molar-refractivity contribution in [2.24, 2.45) is 5.73 Å². The van der Waals surface area contributed by atoms with Crippen LogP contribution in [0.3, 0.4) is 0 Å². The maximum Gasteiger partial charge on any atom is 0.409 e. The summed E-state index contributed by atoms with van der Waals surface area (Å²) in [5, 5.41) is 0. The summed E-state index contributed by atoms with van der Waals surface area (Å²) >= 11 is 0. The third kappa shape index (κ3) is 3.01. The molecule has 0 atom stereocenters. The molecule has 0 aromatic carbocycles. The highest BCUT2D eigenvalue weighted by molar-refractivity contribution is 5.71. The van der Waals surface area contributed by atoms with Crippen LogP contribution in [0.2, 0.25) is 0 Å². The Bertz CT molecular complexity index is 737. The van der Waals surface area contributed by atoms with Crippen molar-refractivity contribution in [3.8, 4) is 28.5 Å². The minimum Gasteiger partial charge on any atom is -0.410 e. The van der Waals surface area contributed by atoms with E-state index in [-0.39, 0.29) is 5.75 Å². The van der Waals surface area contributed by atoms with Gasteiger partial charge >= 0.3 is 6.09 Å². The first-order valence-corrected chi connectivity index (χ1v) is 6.24. The molecule has 22 heavy (non-hydrogen) atoms. The first-order chi connectivity index (χ1) is 10.7. The molecule has 3 aromatic rings. The van der Waals surface area contributed by atoms with Crippen molar-refractivity contribution in [3.63, 3.8) is 0 Å². The second kappa shape index (κ2) is 5.92. The van der Waals surface area contributed by atoms with Crippen molar-refractivity contribution in [3.05, 3.63) is 49.3 Å². The second-order valence-electron chi connectivity index (χ2n) is 4.18. The van der Waals surface area contributed by atoms with Crippen molar-refractivity contribution in [1.29, 1.82) is 0 Å². The molecule has 0 aliphatic rings. The third-order valence-electron chi connectivity index (χ3n) is 2.67. The highest BCUT2D eigenvalue weighted by Crippen LogP contribution is 2.25. The number of nitrogens with two attached hydrogens (primary N) is 1. The molecule has 1 amide bonds. The Morgan fingerprint density at radius 2 is 1.41 bits per heavy atom. The van der Waals surface area contributed by atoms with E-state index in [1.165, 1.54) is 0 Å². The summed E-state index contributed by atoms with van der Waals surface area (Å²) in [7, 11) is 0. The molecule has 0 aliphatic heterocycles. The van der Waals surface area contributed by atoms with Gasteiger partial charge in [0, 0.05) is 36.9 Å². The Hall–Kier alpha value is -3.42. The molecule has 0 saturated heterocycles. The predicted octanol–water partition coefficient (Wildman–Crippen LogP) is 1.45. The second-order valence-corrected chi connectivity index (χ2v) is 4.18. The summed E-state index contributed by atoms with van der Waals surface area (Å²) < 4.78 is 4.94. The summed E-state index contributed by atoms with van der Waals surface area (Å²) in [6.07, 6.45) is 8.38. The van der Waals surface area contributed by atoms with E-state index in [0.717, 1.165) is 0 Å². The van der Waals surface area contributed by atoms with E-state index < -0.39 is 6.09 Å². The van der Waals surface area contributed by atoms with Gasteiger partial charge < -0.3 is 10.5 Å². The quantitative estimate of drug-likeness (QED) is 0.776. The van der Waals surface area contributed by atoms with E-state index in [0.29, 0.717) is 22.8 Å². The lowest BCUT2D eigenvalue weighted by atomic mass is 10.2. The Balaban J connectivity index is 2.12. The van der Waals surface area contributed by atoms with Crippen molar-refractivity contribution >= 4 is 6.09 Å². The van der Waals surface area contributed by atoms with Gasteiger partial charge in [0.05, 0.1) is 23.8 Å². The summed E-state index contributed by atoms with van der Waals surface area (Å²) in [4.78, 5) is 31.8. The first kappa shape index (κ1) is 13.6. The lowest BCUT2D eigenvalue weighted by molar-refractivity contribution is 0.211. The largest absolute Gasteiger partial charge is 0.410 e. The number of ether oxygens (including phenoxy) is 1. The number of amides is 1. The van der Waals surface area contributed by atoms with Crippen molar-refractivity contribution < 1.29 is 9.53 Å². The monoisotopic (exact) mass is 294 g/mol. The SMILES string of the molecule is NC(=O)Oc1cc(-c2cnccn2)nc(-c2cnccn2)c1. The molecule has 0 aliphatic carbocycles. The van der Waals surface area contributed by atoms with Gasteiger partial charge in [-0.3, -0.25) is 19.9 Å². The fraction of sp³-hybridized carbons (Fsp3) is 0. The average molecular weight is 294 g/mol. The molecule has 3 aromatic heterocycles. The minimum absolute atomic E-state index is 0.240. The first-order valence-electron chi connectivity index (χ1n) is 6.24. The van der Waals surface area contributed by atoms with Gasteiger partial charge in [-0.25, -0.2) is 9.78 Å². The molecular formula is C14H10N6O2.